The summed E-state index contributed by atoms with van der Waals surface area (Å²) in [6, 6.07) is 9.43. The zero-order chi connectivity index (χ0) is 17.7. The van der Waals surface area contributed by atoms with Crippen LogP contribution in [0.25, 0.3) is 6.08 Å². The van der Waals surface area contributed by atoms with Crippen LogP contribution in [0, 0.1) is 0 Å². The van der Waals surface area contributed by atoms with Crippen LogP contribution in [-0.4, -0.2) is 5.97 Å². The van der Waals surface area contributed by atoms with Crippen molar-refractivity contribution in [2.24, 2.45) is 0 Å². The second-order valence-corrected chi connectivity index (χ2v) is 5.02. The second kappa shape index (κ2) is 7.08. The van der Waals surface area contributed by atoms with Gasteiger partial charge in [-0.05, 0) is 35.9 Å². The summed E-state index contributed by atoms with van der Waals surface area (Å²) in [4.78, 5) is 11.7. The van der Waals surface area contributed by atoms with Crippen LogP contribution in [-0.2, 0) is 22.3 Å². The Kier molecular flexibility index (Phi) is 5.13. The highest BCUT2D eigenvalue weighted by atomic mass is 19.4. The van der Waals surface area contributed by atoms with Crippen molar-refractivity contribution in [2.45, 2.75) is 12.8 Å². The lowest BCUT2D eigenvalue weighted by atomic mass is 10.1. The van der Waals surface area contributed by atoms with Gasteiger partial charge in [0.05, 0.1) is 5.56 Å². The number of alkyl halides is 3. The normalized spacial score (nSPS) is 11.6. The van der Waals surface area contributed by atoms with Crippen LogP contribution in [0.5, 0.6) is 0 Å². The molecule has 0 aromatic heterocycles. The molecule has 0 heterocycles. The molecular formula is C17H15F3N2O2. The van der Waals surface area contributed by atoms with Gasteiger partial charge in [0.2, 0.25) is 0 Å². The summed E-state index contributed by atoms with van der Waals surface area (Å²) in [5, 5.41) is 0. The lowest BCUT2D eigenvalue weighted by Gasteiger charge is -2.07. The van der Waals surface area contributed by atoms with E-state index in [4.69, 9.17) is 16.2 Å². The van der Waals surface area contributed by atoms with E-state index in [0.29, 0.717) is 16.9 Å². The molecule has 2 aromatic rings. The van der Waals surface area contributed by atoms with Crippen LogP contribution in [0.3, 0.4) is 0 Å². The highest BCUT2D eigenvalue weighted by Crippen LogP contribution is 2.29. The summed E-state index contributed by atoms with van der Waals surface area (Å²) in [5.74, 6) is -0.691. The van der Waals surface area contributed by atoms with E-state index in [1.807, 2.05) is 0 Å². The quantitative estimate of drug-likeness (QED) is 0.508. The first-order valence-electron chi connectivity index (χ1n) is 6.91. The summed E-state index contributed by atoms with van der Waals surface area (Å²) < 4.78 is 42.8. The maximum absolute atomic E-state index is 12.6. The number of esters is 1. The number of nitrogens with two attached hydrogens (primary N) is 2. The number of hydrogen-bond donors (Lipinski definition) is 2. The molecular weight excluding hydrogens is 321 g/mol. The topological polar surface area (TPSA) is 78.3 Å². The molecule has 0 saturated heterocycles. The van der Waals surface area contributed by atoms with E-state index in [9.17, 15) is 18.0 Å². The zero-order valence-corrected chi connectivity index (χ0v) is 12.5. The fourth-order valence-corrected chi connectivity index (χ4v) is 1.92. The summed E-state index contributed by atoms with van der Waals surface area (Å²) in [5.41, 5.74) is 12.2. The fraction of sp³-hybridized carbons (Fsp3) is 0.118. The molecule has 2 aromatic carbocycles. The number of ether oxygens (including phenoxy) is 1. The molecule has 0 amide bonds. The Morgan fingerprint density at radius 2 is 1.88 bits per heavy atom. The molecule has 24 heavy (non-hydrogen) atoms. The smallest absolute Gasteiger partial charge is 0.416 e. The van der Waals surface area contributed by atoms with Gasteiger partial charge in [-0.15, -0.1) is 0 Å². The van der Waals surface area contributed by atoms with Gasteiger partial charge < -0.3 is 16.2 Å². The average Bonchev–Trinajstić information content (AvgIpc) is 2.51. The molecule has 0 aliphatic rings. The average molecular weight is 336 g/mol. The van der Waals surface area contributed by atoms with Crippen molar-refractivity contribution in [3.8, 4) is 0 Å². The summed E-state index contributed by atoms with van der Waals surface area (Å²) in [7, 11) is 0. The molecule has 0 unspecified atom stereocenters. The number of hydrogen-bond acceptors (Lipinski definition) is 4. The largest absolute Gasteiger partial charge is 0.458 e. The van der Waals surface area contributed by atoms with E-state index < -0.39 is 17.7 Å². The molecule has 7 heteroatoms. The van der Waals surface area contributed by atoms with Crippen molar-refractivity contribution in [3.05, 3.63) is 65.2 Å². The minimum atomic E-state index is -4.43. The van der Waals surface area contributed by atoms with Gasteiger partial charge in [0.15, 0.2) is 0 Å². The Hall–Kier alpha value is -2.96. The Bertz CT molecular complexity index is 771. The highest BCUT2D eigenvalue weighted by molar-refractivity contribution is 5.87. The van der Waals surface area contributed by atoms with E-state index in [1.54, 1.807) is 18.2 Å². The van der Waals surface area contributed by atoms with E-state index in [0.717, 1.165) is 18.2 Å². The molecule has 126 valence electrons. The van der Waals surface area contributed by atoms with Gasteiger partial charge in [0, 0.05) is 23.0 Å². The molecule has 0 aliphatic heterocycles. The fourth-order valence-electron chi connectivity index (χ4n) is 1.92. The van der Waals surface area contributed by atoms with E-state index >= 15 is 0 Å². The number of anilines is 2. The van der Waals surface area contributed by atoms with Crippen LogP contribution in [0.2, 0.25) is 0 Å². The van der Waals surface area contributed by atoms with Crippen molar-refractivity contribution < 1.29 is 22.7 Å². The maximum atomic E-state index is 12.6. The van der Waals surface area contributed by atoms with Crippen LogP contribution in [0.1, 0.15) is 16.7 Å². The van der Waals surface area contributed by atoms with Gasteiger partial charge in [-0.3, -0.25) is 0 Å². The van der Waals surface area contributed by atoms with Gasteiger partial charge in [0.1, 0.15) is 6.61 Å². The van der Waals surface area contributed by atoms with Crippen LogP contribution < -0.4 is 11.5 Å². The summed E-state index contributed by atoms with van der Waals surface area (Å²) in [6.07, 6.45) is -2.12. The molecule has 0 atom stereocenters. The van der Waals surface area contributed by atoms with E-state index in [-0.39, 0.29) is 12.2 Å². The predicted molar refractivity (Wildman–Crippen MR) is 85.5 cm³/mol. The molecule has 0 fully saturated rings. The van der Waals surface area contributed by atoms with Crippen LogP contribution in [0.4, 0.5) is 24.5 Å². The van der Waals surface area contributed by atoms with Gasteiger partial charge >= 0.3 is 12.1 Å². The minimum absolute atomic E-state index is 0.0577. The minimum Gasteiger partial charge on any atom is -0.458 e. The maximum Gasteiger partial charge on any atom is 0.416 e. The number of carbonyl (C=O) groups is 1. The first-order chi connectivity index (χ1) is 11.3. The lowest BCUT2D eigenvalue weighted by molar-refractivity contribution is -0.139. The van der Waals surface area contributed by atoms with E-state index in [1.165, 1.54) is 18.2 Å². The standard InChI is InChI=1S/C17H15F3N2O2/c18-17(19,20)13-3-1-2-11(8-13)4-7-16(23)24-10-12-5-6-14(21)9-15(12)22/h1-9H,10,21-22H2. The molecule has 0 saturated carbocycles. The lowest BCUT2D eigenvalue weighted by Crippen LogP contribution is -2.05. The van der Waals surface area contributed by atoms with Crippen LogP contribution in [0.15, 0.2) is 48.5 Å². The number of nitrogen functional groups attached to an aromatic ring is 2. The number of benzene rings is 2. The van der Waals surface area contributed by atoms with Crippen molar-refractivity contribution >= 4 is 23.4 Å². The first kappa shape index (κ1) is 17.4. The summed E-state index contributed by atoms with van der Waals surface area (Å²) in [6.45, 7) is -0.0577. The van der Waals surface area contributed by atoms with Crippen molar-refractivity contribution in [1.29, 1.82) is 0 Å². The highest BCUT2D eigenvalue weighted by Gasteiger charge is 2.30. The molecule has 0 bridgehead atoms. The third-order valence-electron chi connectivity index (χ3n) is 3.17. The first-order valence-corrected chi connectivity index (χ1v) is 6.91. The molecule has 0 spiro atoms. The number of halogens is 3. The Morgan fingerprint density at radius 1 is 1.12 bits per heavy atom. The van der Waals surface area contributed by atoms with Crippen LogP contribution >= 0.6 is 0 Å². The van der Waals surface area contributed by atoms with Crippen molar-refractivity contribution in [2.75, 3.05) is 11.5 Å². The predicted octanol–water partition coefficient (Wildman–Crippen LogP) is 3.63. The Balaban J connectivity index is 1.98. The number of carbonyl (C=O) groups excluding carboxylic acids is 1. The third kappa shape index (κ3) is 4.77. The molecule has 0 radical (unpaired) electrons. The van der Waals surface area contributed by atoms with Gasteiger partial charge in [-0.25, -0.2) is 4.79 Å². The van der Waals surface area contributed by atoms with Gasteiger partial charge in [-0.2, -0.15) is 13.2 Å². The Labute approximate surface area is 136 Å². The van der Waals surface area contributed by atoms with Gasteiger partial charge in [-0.1, -0.05) is 18.2 Å². The third-order valence-corrected chi connectivity index (χ3v) is 3.17. The van der Waals surface area contributed by atoms with E-state index in [2.05, 4.69) is 0 Å². The van der Waals surface area contributed by atoms with Crippen molar-refractivity contribution in [1.82, 2.24) is 0 Å². The second-order valence-electron chi connectivity index (χ2n) is 5.02. The zero-order valence-electron chi connectivity index (χ0n) is 12.5. The molecule has 4 N–H and O–H groups in total. The molecule has 2 rings (SSSR count). The molecule has 4 nitrogen and oxygen atoms in total. The Morgan fingerprint density at radius 3 is 2.54 bits per heavy atom. The SMILES string of the molecule is Nc1ccc(COC(=O)C=Cc2cccc(C(F)(F)F)c2)c(N)c1. The summed E-state index contributed by atoms with van der Waals surface area (Å²) >= 11 is 0. The number of rotatable bonds is 4. The van der Waals surface area contributed by atoms with Gasteiger partial charge in [0.25, 0.3) is 0 Å². The van der Waals surface area contributed by atoms with Crippen molar-refractivity contribution in [3.63, 3.8) is 0 Å². The molecule has 0 aliphatic carbocycles. The monoisotopic (exact) mass is 336 g/mol.